The molecule has 1 aromatic carbocycles. The number of aromatic nitrogens is 4. The molecule has 2 aromatic heterocycles. The lowest BCUT2D eigenvalue weighted by Crippen LogP contribution is -2.50. The van der Waals surface area contributed by atoms with E-state index in [4.69, 9.17) is 11.6 Å². The van der Waals surface area contributed by atoms with Crippen LogP contribution in [0.3, 0.4) is 0 Å². The number of halogens is 1. The number of carbonyl (C=O) groups is 2. The van der Waals surface area contributed by atoms with Crippen LogP contribution in [-0.2, 0) is 22.7 Å². The van der Waals surface area contributed by atoms with Crippen molar-refractivity contribution in [2.24, 2.45) is 5.41 Å². The van der Waals surface area contributed by atoms with Crippen LogP contribution in [0.15, 0.2) is 48.9 Å². The molecule has 1 aliphatic carbocycles. The van der Waals surface area contributed by atoms with E-state index in [2.05, 4.69) is 25.5 Å². The molecule has 3 aromatic rings. The number of anilines is 1. The molecule has 0 spiro atoms. The molecule has 11 heteroatoms. The lowest BCUT2D eigenvalue weighted by molar-refractivity contribution is -0.144. The van der Waals surface area contributed by atoms with E-state index in [-0.39, 0.29) is 31.3 Å². The molecule has 2 aliphatic rings. The first-order chi connectivity index (χ1) is 19.5. The molecule has 0 bridgehead atoms. The van der Waals surface area contributed by atoms with Gasteiger partial charge < -0.3 is 20.2 Å². The van der Waals surface area contributed by atoms with Crippen LogP contribution in [0.5, 0.6) is 0 Å². The summed E-state index contributed by atoms with van der Waals surface area (Å²) in [6.45, 7) is 6.78. The summed E-state index contributed by atoms with van der Waals surface area (Å²) in [6, 6.07) is 8.05. The molecule has 1 saturated carbocycles. The topological polar surface area (TPSA) is 116 Å². The van der Waals surface area contributed by atoms with Gasteiger partial charge in [0.25, 0.3) is 0 Å². The Kier molecular flexibility index (Phi) is 8.33. The average Bonchev–Trinajstić information content (AvgIpc) is 3.53. The monoisotopic (exact) mass is 579 g/mol. The van der Waals surface area contributed by atoms with Crippen LogP contribution in [0.25, 0.3) is 0 Å². The van der Waals surface area contributed by atoms with Gasteiger partial charge in [-0.15, -0.1) is 5.10 Å². The van der Waals surface area contributed by atoms with E-state index < -0.39 is 23.6 Å². The predicted molar refractivity (Wildman–Crippen MR) is 156 cm³/mol. The van der Waals surface area contributed by atoms with Gasteiger partial charge in [0.05, 0.1) is 11.8 Å². The number of aliphatic hydroxyl groups excluding tert-OH is 1. The first-order valence-corrected chi connectivity index (χ1v) is 14.5. The Morgan fingerprint density at radius 1 is 1.22 bits per heavy atom. The summed E-state index contributed by atoms with van der Waals surface area (Å²) in [5.41, 5.74) is 3.10. The van der Waals surface area contributed by atoms with Gasteiger partial charge in [0.2, 0.25) is 11.8 Å². The molecule has 3 atom stereocenters. The van der Waals surface area contributed by atoms with Crippen molar-refractivity contribution in [3.63, 3.8) is 0 Å². The van der Waals surface area contributed by atoms with Gasteiger partial charge in [0.15, 0.2) is 0 Å². The van der Waals surface area contributed by atoms with Crippen molar-refractivity contribution < 1.29 is 14.7 Å². The second-order valence-electron chi connectivity index (χ2n) is 12.2. The first kappa shape index (κ1) is 29.0. The Hall–Kier alpha value is -3.50. The Morgan fingerprint density at radius 2 is 2.00 bits per heavy atom. The number of pyridine rings is 1. The Bertz CT molecular complexity index is 1390. The highest BCUT2D eigenvalue weighted by molar-refractivity contribution is 6.31. The zero-order valence-corrected chi connectivity index (χ0v) is 24.8. The summed E-state index contributed by atoms with van der Waals surface area (Å²) in [5, 5.41) is 22.7. The van der Waals surface area contributed by atoms with Crippen LogP contribution in [-0.4, -0.2) is 67.5 Å². The van der Waals surface area contributed by atoms with Gasteiger partial charge in [-0.1, -0.05) is 49.7 Å². The molecule has 3 heterocycles. The lowest BCUT2D eigenvalue weighted by Gasteiger charge is -2.34. The van der Waals surface area contributed by atoms with Gasteiger partial charge in [0, 0.05) is 73.9 Å². The number of carbonyl (C=O) groups excluding carboxylic acids is 2. The number of aliphatic hydroxyl groups is 1. The van der Waals surface area contributed by atoms with Crippen molar-refractivity contribution in [3.8, 4) is 0 Å². The van der Waals surface area contributed by atoms with E-state index in [1.807, 2.05) is 64.5 Å². The van der Waals surface area contributed by atoms with E-state index in [0.29, 0.717) is 17.5 Å². The smallest absolute Gasteiger partial charge is 0.248 e. The highest BCUT2D eigenvalue weighted by atomic mass is 35.5. The van der Waals surface area contributed by atoms with E-state index >= 15 is 0 Å². The Balaban J connectivity index is 1.32. The summed E-state index contributed by atoms with van der Waals surface area (Å²) >= 11 is 6.60. The van der Waals surface area contributed by atoms with Gasteiger partial charge in [-0.05, 0) is 42.0 Å². The molecule has 0 unspecified atom stereocenters. The van der Waals surface area contributed by atoms with Gasteiger partial charge in [0.1, 0.15) is 12.1 Å². The number of hydrogen-bond donors (Lipinski definition) is 2. The molecule has 218 valence electrons. The van der Waals surface area contributed by atoms with Crippen LogP contribution in [0.4, 0.5) is 5.69 Å². The van der Waals surface area contributed by atoms with Crippen molar-refractivity contribution in [3.05, 3.63) is 70.8 Å². The summed E-state index contributed by atoms with van der Waals surface area (Å²) in [7, 11) is 1.96. The maximum atomic E-state index is 14.0. The summed E-state index contributed by atoms with van der Waals surface area (Å²) in [5.74, 6) is -0.179. The number of benzene rings is 1. The second-order valence-corrected chi connectivity index (χ2v) is 12.6. The number of nitrogens with zero attached hydrogens (tertiary/aromatic N) is 6. The second kappa shape index (κ2) is 11.8. The van der Waals surface area contributed by atoms with Crippen LogP contribution in [0.2, 0.25) is 5.02 Å². The number of nitrogens with one attached hydrogen (secondary N) is 1. The maximum Gasteiger partial charge on any atom is 0.248 e. The summed E-state index contributed by atoms with van der Waals surface area (Å²) in [6.07, 6.45) is 6.94. The molecule has 10 nitrogen and oxygen atoms in total. The van der Waals surface area contributed by atoms with Crippen LogP contribution in [0, 0.1) is 5.41 Å². The molecule has 1 aliphatic heterocycles. The standard InChI is InChI=1S/C30H38ClN7O3/c1-30(2,3)27(38-18-24(34-35-38)20-10-11-20)29(41)37-17-21(39)13-26(37)28(40)33-15-22-23(31)8-5-9-25(22)36(4)16-19-7-6-12-32-14-19/h5-9,12,14,18,20-21,26-27,39H,10-11,13,15-17H2,1-4H3,(H,33,40)/t21-,26+,27-/m1/s1. The zero-order valence-electron chi connectivity index (χ0n) is 24.0. The lowest BCUT2D eigenvalue weighted by atomic mass is 9.85. The number of likely N-dealkylation sites (tertiary alicyclic amines) is 1. The van der Waals surface area contributed by atoms with Gasteiger partial charge >= 0.3 is 0 Å². The third-order valence-corrected chi connectivity index (χ3v) is 8.15. The highest BCUT2D eigenvalue weighted by Crippen LogP contribution is 2.40. The Labute approximate surface area is 245 Å². The van der Waals surface area contributed by atoms with Crippen molar-refractivity contribution >= 4 is 29.1 Å². The van der Waals surface area contributed by atoms with E-state index in [9.17, 15) is 14.7 Å². The molecule has 2 amide bonds. The number of amides is 2. The maximum absolute atomic E-state index is 14.0. The predicted octanol–water partition coefficient (Wildman–Crippen LogP) is 3.71. The minimum atomic E-state index is -0.812. The normalized spacial score (nSPS) is 19.7. The minimum Gasteiger partial charge on any atom is -0.391 e. The van der Waals surface area contributed by atoms with E-state index in [0.717, 1.165) is 35.3 Å². The third-order valence-electron chi connectivity index (χ3n) is 7.79. The van der Waals surface area contributed by atoms with Crippen molar-refractivity contribution in [1.29, 1.82) is 0 Å². The molecule has 0 radical (unpaired) electrons. The number of hydrogen-bond acceptors (Lipinski definition) is 7. The van der Waals surface area contributed by atoms with Gasteiger partial charge in [-0.25, -0.2) is 4.68 Å². The van der Waals surface area contributed by atoms with Crippen LogP contribution < -0.4 is 10.2 Å². The molecule has 2 fully saturated rings. The highest BCUT2D eigenvalue weighted by Gasteiger charge is 2.45. The van der Waals surface area contributed by atoms with Crippen LogP contribution in [0.1, 0.15) is 68.8 Å². The summed E-state index contributed by atoms with van der Waals surface area (Å²) in [4.78, 5) is 35.3. The zero-order chi connectivity index (χ0) is 29.3. The van der Waals surface area contributed by atoms with E-state index in [1.54, 1.807) is 16.9 Å². The first-order valence-electron chi connectivity index (χ1n) is 14.1. The molecule has 41 heavy (non-hydrogen) atoms. The van der Waals surface area contributed by atoms with Gasteiger partial charge in [-0.2, -0.15) is 0 Å². The quantitative estimate of drug-likeness (QED) is 0.397. The van der Waals surface area contributed by atoms with Crippen molar-refractivity contribution in [2.45, 2.75) is 77.2 Å². The Morgan fingerprint density at radius 3 is 2.68 bits per heavy atom. The largest absolute Gasteiger partial charge is 0.391 e. The fourth-order valence-corrected chi connectivity index (χ4v) is 5.79. The SMILES string of the molecule is CN(Cc1cccnc1)c1cccc(Cl)c1CNC(=O)[C@@H]1C[C@@H](O)CN1C(=O)[C@@H](n1cc(C2CC2)nn1)C(C)(C)C. The molecular formula is C30H38ClN7O3. The average molecular weight is 580 g/mol. The fraction of sp³-hybridized carbons (Fsp3) is 0.500. The van der Waals surface area contributed by atoms with Crippen LogP contribution >= 0.6 is 11.6 Å². The fourth-order valence-electron chi connectivity index (χ4n) is 5.55. The van der Waals surface area contributed by atoms with Crippen molar-refractivity contribution in [1.82, 2.24) is 30.2 Å². The number of rotatable bonds is 9. The molecule has 2 N–H and O–H groups in total. The van der Waals surface area contributed by atoms with Crippen molar-refractivity contribution in [2.75, 3.05) is 18.5 Å². The van der Waals surface area contributed by atoms with Gasteiger partial charge in [-0.3, -0.25) is 14.6 Å². The molecular weight excluding hydrogens is 542 g/mol. The number of β-amino-alcohol motifs (C(OH)–C–C–N with tert-alkyl or cyclic N) is 1. The molecule has 1 saturated heterocycles. The van der Waals surface area contributed by atoms with E-state index in [1.165, 1.54) is 4.90 Å². The minimum absolute atomic E-state index is 0.0822. The molecule has 5 rings (SSSR count). The summed E-state index contributed by atoms with van der Waals surface area (Å²) < 4.78 is 1.63. The third kappa shape index (κ3) is 6.54.